The van der Waals surface area contributed by atoms with E-state index < -0.39 is 9.84 Å². The molecule has 0 aromatic heterocycles. The second-order valence-corrected chi connectivity index (χ2v) is 6.35. The monoisotopic (exact) mass is 261 g/mol. The van der Waals surface area contributed by atoms with E-state index in [-0.39, 0.29) is 17.6 Å². The Bertz CT molecular complexity index is 489. The molecule has 0 radical (unpaired) electrons. The molecule has 0 bridgehead atoms. The minimum absolute atomic E-state index is 0.0714. The Labute approximate surface area is 99.3 Å². The van der Waals surface area contributed by atoms with E-state index in [9.17, 15) is 8.42 Å². The fourth-order valence-corrected chi connectivity index (χ4v) is 2.95. The first kappa shape index (κ1) is 11.7. The van der Waals surface area contributed by atoms with Crippen LogP contribution in [0.25, 0.3) is 0 Å². The number of hydrogen-bond donors (Lipinski definition) is 1. The summed E-state index contributed by atoms with van der Waals surface area (Å²) in [6.07, 6.45) is -0.272. The van der Waals surface area contributed by atoms with Crippen molar-refractivity contribution in [3.05, 3.63) is 28.8 Å². The van der Waals surface area contributed by atoms with Gasteiger partial charge < -0.3 is 10.5 Å². The van der Waals surface area contributed by atoms with Gasteiger partial charge in [-0.3, -0.25) is 0 Å². The first-order valence-corrected chi connectivity index (χ1v) is 7.06. The molecule has 1 heterocycles. The van der Waals surface area contributed by atoms with Crippen molar-refractivity contribution in [2.45, 2.75) is 12.6 Å². The second-order valence-electron chi connectivity index (χ2n) is 3.79. The minimum Gasteiger partial charge on any atom is -0.487 e. The summed E-state index contributed by atoms with van der Waals surface area (Å²) in [5.74, 6) is 0.656. The van der Waals surface area contributed by atoms with Crippen molar-refractivity contribution >= 4 is 21.4 Å². The maximum atomic E-state index is 10.9. The zero-order chi connectivity index (χ0) is 11.8. The van der Waals surface area contributed by atoms with Gasteiger partial charge in [0.15, 0.2) is 9.84 Å². The van der Waals surface area contributed by atoms with Crippen LogP contribution in [0.4, 0.5) is 0 Å². The predicted molar refractivity (Wildman–Crippen MR) is 62.4 cm³/mol. The van der Waals surface area contributed by atoms with Gasteiger partial charge in [-0.1, -0.05) is 17.7 Å². The van der Waals surface area contributed by atoms with Crippen molar-refractivity contribution in [1.82, 2.24) is 0 Å². The molecule has 1 aromatic carbocycles. The summed E-state index contributed by atoms with van der Waals surface area (Å²) < 4.78 is 27.4. The van der Waals surface area contributed by atoms with Gasteiger partial charge in [0.05, 0.1) is 16.5 Å². The van der Waals surface area contributed by atoms with Crippen molar-refractivity contribution < 1.29 is 13.2 Å². The molecule has 16 heavy (non-hydrogen) atoms. The first-order valence-electron chi connectivity index (χ1n) is 4.86. The van der Waals surface area contributed by atoms with Crippen molar-refractivity contribution in [2.75, 3.05) is 11.5 Å². The van der Waals surface area contributed by atoms with Gasteiger partial charge >= 0.3 is 0 Å². The maximum Gasteiger partial charge on any atom is 0.157 e. The molecule has 88 valence electrons. The highest BCUT2D eigenvalue weighted by Gasteiger charge is 2.35. The SMILES string of the molecule is NCc1ccc(OC2CS(=O)(=O)C2)c(Cl)c1. The molecule has 6 heteroatoms. The summed E-state index contributed by atoms with van der Waals surface area (Å²) in [6.45, 7) is 0.414. The van der Waals surface area contributed by atoms with Gasteiger partial charge in [-0.05, 0) is 17.7 Å². The summed E-state index contributed by atoms with van der Waals surface area (Å²) in [7, 11) is -2.86. The fraction of sp³-hybridized carbons (Fsp3) is 0.400. The Morgan fingerprint density at radius 3 is 2.62 bits per heavy atom. The summed E-state index contributed by atoms with van der Waals surface area (Å²) in [5.41, 5.74) is 6.38. The first-order chi connectivity index (χ1) is 7.50. The molecule has 0 amide bonds. The molecule has 0 unspecified atom stereocenters. The van der Waals surface area contributed by atoms with Crippen molar-refractivity contribution in [3.8, 4) is 5.75 Å². The molecule has 4 nitrogen and oxygen atoms in total. The number of benzene rings is 1. The largest absolute Gasteiger partial charge is 0.487 e. The van der Waals surface area contributed by atoms with Gasteiger partial charge in [0.1, 0.15) is 11.9 Å². The van der Waals surface area contributed by atoms with Gasteiger partial charge in [-0.25, -0.2) is 8.42 Å². The molecule has 1 aliphatic rings. The van der Waals surface area contributed by atoms with Gasteiger partial charge in [0.25, 0.3) is 0 Å². The molecule has 2 rings (SSSR count). The molecular weight excluding hydrogens is 250 g/mol. The number of nitrogens with two attached hydrogens (primary N) is 1. The van der Waals surface area contributed by atoms with Gasteiger partial charge in [0, 0.05) is 6.54 Å². The van der Waals surface area contributed by atoms with Crippen LogP contribution in [0.2, 0.25) is 5.02 Å². The standard InChI is InChI=1S/C10H12ClNO3S/c11-9-3-7(4-12)1-2-10(9)15-8-5-16(13,14)6-8/h1-3,8H,4-6,12H2. The molecule has 1 saturated heterocycles. The molecule has 0 atom stereocenters. The topological polar surface area (TPSA) is 69.4 Å². The Kier molecular flexibility index (Phi) is 3.10. The lowest BCUT2D eigenvalue weighted by molar-refractivity contribution is 0.230. The summed E-state index contributed by atoms with van der Waals surface area (Å²) in [4.78, 5) is 0. The van der Waals surface area contributed by atoms with Crippen molar-refractivity contribution in [2.24, 2.45) is 5.73 Å². The summed E-state index contributed by atoms with van der Waals surface area (Å²) in [6, 6.07) is 5.26. The van der Waals surface area contributed by atoms with E-state index in [1.807, 2.05) is 6.07 Å². The van der Waals surface area contributed by atoms with Crippen molar-refractivity contribution in [3.63, 3.8) is 0 Å². The normalized spacial score (nSPS) is 19.1. The smallest absolute Gasteiger partial charge is 0.157 e. The highest BCUT2D eigenvalue weighted by Crippen LogP contribution is 2.28. The Morgan fingerprint density at radius 2 is 2.12 bits per heavy atom. The van der Waals surface area contributed by atoms with Crippen LogP contribution in [0.1, 0.15) is 5.56 Å². The number of ether oxygens (including phenoxy) is 1. The lowest BCUT2D eigenvalue weighted by Gasteiger charge is -2.26. The third-order valence-corrected chi connectivity index (χ3v) is 4.46. The second kappa shape index (κ2) is 4.24. The number of halogens is 1. The van der Waals surface area contributed by atoms with E-state index in [4.69, 9.17) is 22.1 Å². The Morgan fingerprint density at radius 1 is 1.44 bits per heavy atom. The van der Waals surface area contributed by atoms with Crippen LogP contribution < -0.4 is 10.5 Å². The van der Waals surface area contributed by atoms with Gasteiger partial charge in [0.2, 0.25) is 0 Å². The van der Waals surface area contributed by atoms with E-state index in [0.717, 1.165) is 5.56 Å². The van der Waals surface area contributed by atoms with Crippen LogP contribution in [0.3, 0.4) is 0 Å². The van der Waals surface area contributed by atoms with Gasteiger partial charge in [-0.2, -0.15) is 0 Å². The lowest BCUT2D eigenvalue weighted by Crippen LogP contribution is -2.45. The van der Waals surface area contributed by atoms with Crippen molar-refractivity contribution in [1.29, 1.82) is 0 Å². The van der Waals surface area contributed by atoms with E-state index in [0.29, 0.717) is 17.3 Å². The minimum atomic E-state index is -2.86. The molecule has 0 aliphatic carbocycles. The van der Waals surface area contributed by atoms with E-state index in [1.165, 1.54) is 0 Å². The lowest BCUT2D eigenvalue weighted by atomic mass is 10.2. The highest BCUT2D eigenvalue weighted by atomic mass is 35.5. The fourth-order valence-electron chi connectivity index (χ4n) is 1.53. The van der Waals surface area contributed by atoms with E-state index in [1.54, 1.807) is 12.1 Å². The zero-order valence-electron chi connectivity index (χ0n) is 8.52. The molecule has 0 spiro atoms. The van der Waals surface area contributed by atoms with Crippen LogP contribution in [0.5, 0.6) is 5.75 Å². The molecule has 1 fully saturated rings. The van der Waals surface area contributed by atoms with Crippen LogP contribution in [0.15, 0.2) is 18.2 Å². The zero-order valence-corrected chi connectivity index (χ0v) is 10.1. The van der Waals surface area contributed by atoms with E-state index in [2.05, 4.69) is 0 Å². The molecule has 1 aromatic rings. The van der Waals surface area contributed by atoms with E-state index >= 15 is 0 Å². The molecule has 2 N–H and O–H groups in total. The Hall–Kier alpha value is -0.780. The van der Waals surface area contributed by atoms with Gasteiger partial charge in [-0.15, -0.1) is 0 Å². The number of hydrogen-bond acceptors (Lipinski definition) is 4. The maximum absolute atomic E-state index is 10.9. The van der Waals surface area contributed by atoms with Crippen LogP contribution in [-0.4, -0.2) is 26.0 Å². The highest BCUT2D eigenvalue weighted by molar-refractivity contribution is 7.92. The number of rotatable bonds is 3. The predicted octanol–water partition coefficient (Wildman–Crippen LogP) is 0.975. The quantitative estimate of drug-likeness (QED) is 0.880. The third-order valence-electron chi connectivity index (χ3n) is 2.41. The molecule has 1 aliphatic heterocycles. The third kappa shape index (κ3) is 2.48. The van der Waals surface area contributed by atoms with Crippen LogP contribution in [0, 0.1) is 0 Å². The average molecular weight is 262 g/mol. The molecule has 0 saturated carbocycles. The average Bonchev–Trinajstić information content (AvgIpc) is 2.18. The number of sulfone groups is 1. The summed E-state index contributed by atoms with van der Waals surface area (Å²) in [5, 5.41) is 0.465. The summed E-state index contributed by atoms with van der Waals surface area (Å²) >= 11 is 5.97. The Balaban J connectivity index is 2.06. The van der Waals surface area contributed by atoms with Crippen LogP contribution >= 0.6 is 11.6 Å². The van der Waals surface area contributed by atoms with Crippen LogP contribution in [-0.2, 0) is 16.4 Å². The molecular formula is C10H12ClNO3S.